The van der Waals surface area contributed by atoms with Gasteiger partial charge in [-0.1, -0.05) is 17.7 Å². The number of hydrogen-bond donors (Lipinski definition) is 1. The van der Waals surface area contributed by atoms with Crippen molar-refractivity contribution in [2.75, 3.05) is 6.54 Å². The lowest BCUT2D eigenvalue weighted by molar-refractivity contribution is 0.0697. The molecule has 0 bridgehead atoms. The molecule has 0 unspecified atom stereocenters. The zero-order valence-corrected chi connectivity index (χ0v) is 11.4. The second kappa shape index (κ2) is 5.22. The van der Waals surface area contributed by atoms with E-state index in [1.807, 2.05) is 4.57 Å². The van der Waals surface area contributed by atoms with Gasteiger partial charge in [0, 0.05) is 24.7 Å². The maximum atomic E-state index is 10.9. The Morgan fingerprint density at radius 2 is 2.25 bits per heavy atom. The SMILES string of the molecule is O=C(O)c1ccc(CN2CCn3cnnc3C2)c(Cl)c1. The van der Waals surface area contributed by atoms with Gasteiger partial charge in [-0.15, -0.1) is 10.2 Å². The number of carbonyl (C=O) groups is 1. The van der Waals surface area contributed by atoms with Crippen molar-refractivity contribution in [1.29, 1.82) is 0 Å². The zero-order valence-electron chi connectivity index (χ0n) is 10.7. The Balaban J connectivity index is 1.74. The van der Waals surface area contributed by atoms with Crippen LogP contribution < -0.4 is 0 Å². The Bertz CT molecular complexity index is 656. The molecule has 104 valence electrons. The molecule has 20 heavy (non-hydrogen) atoms. The first-order valence-electron chi connectivity index (χ1n) is 6.24. The average Bonchev–Trinajstić information content (AvgIpc) is 2.88. The first kappa shape index (κ1) is 13.1. The predicted octanol–water partition coefficient (Wildman–Crippen LogP) is 1.65. The highest BCUT2D eigenvalue weighted by molar-refractivity contribution is 6.31. The molecule has 0 saturated carbocycles. The van der Waals surface area contributed by atoms with Crippen LogP contribution in [0.2, 0.25) is 5.02 Å². The van der Waals surface area contributed by atoms with Gasteiger partial charge in [-0.2, -0.15) is 0 Å². The van der Waals surface area contributed by atoms with E-state index in [0.29, 0.717) is 11.6 Å². The highest BCUT2D eigenvalue weighted by Gasteiger charge is 2.18. The van der Waals surface area contributed by atoms with Gasteiger partial charge >= 0.3 is 5.97 Å². The molecule has 0 saturated heterocycles. The summed E-state index contributed by atoms with van der Waals surface area (Å²) in [4.78, 5) is 13.1. The van der Waals surface area contributed by atoms with Crippen LogP contribution in [-0.2, 0) is 19.6 Å². The Labute approximate surface area is 120 Å². The van der Waals surface area contributed by atoms with E-state index in [1.165, 1.54) is 6.07 Å². The van der Waals surface area contributed by atoms with Gasteiger partial charge in [-0.25, -0.2) is 4.79 Å². The summed E-state index contributed by atoms with van der Waals surface area (Å²) in [5.41, 5.74) is 1.13. The number of halogens is 1. The fraction of sp³-hybridized carbons (Fsp3) is 0.308. The number of fused-ring (bicyclic) bond motifs is 1. The van der Waals surface area contributed by atoms with E-state index >= 15 is 0 Å². The van der Waals surface area contributed by atoms with Gasteiger partial charge in [0.05, 0.1) is 12.1 Å². The van der Waals surface area contributed by atoms with Crippen LogP contribution in [0.1, 0.15) is 21.7 Å². The number of carboxylic acid groups (broad SMARTS) is 1. The topological polar surface area (TPSA) is 71.2 Å². The number of rotatable bonds is 3. The van der Waals surface area contributed by atoms with Crippen LogP contribution in [0.5, 0.6) is 0 Å². The van der Waals surface area contributed by atoms with E-state index in [9.17, 15) is 4.79 Å². The molecule has 0 radical (unpaired) electrons. The van der Waals surface area contributed by atoms with E-state index in [0.717, 1.165) is 31.0 Å². The number of nitrogens with zero attached hydrogens (tertiary/aromatic N) is 4. The summed E-state index contributed by atoms with van der Waals surface area (Å²) >= 11 is 6.15. The van der Waals surface area contributed by atoms with Crippen molar-refractivity contribution < 1.29 is 9.90 Å². The predicted molar refractivity (Wildman–Crippen MR) is 72.5 cm³/mol. The van der Waals surface area contributed by atoms with Crippen molar-refractivity contribution >= 4 is 17.6 Å². The molecule has 2 aromatic rings. The normalized spacial score (nSPS) is 15.1. The minimum Gasteiger partial charge on any atom is -0.478 e. The molecule has 1 aromatic carbocycles. The minimum atomic E-state index is -0.968. The van der Waals surface area contributed by atoms with Crippen LogP contribution in [0.15, 0.2) is 24.5 Å². The standard InChI is InChI=1S/C13H13ClN4O2/c14-11-5-9(13(19)20)1-2-10(11)6-17-3-4-18-8-15-16-12(18)7-17/h1-2,5,8H,3-4,6-7H2,(H,19,20). The Morgan fingerprint density at radius 1 is 1.40 bits per heavy atom. The molecule has 7 heteroatoms. The van der Waals surface area contributed by atoms with E-state index in [-0.39, 0.29) is 5.56 Å². The molecule has 0 spiro atoms. The van der Waals surface area contributed by atoms with Gasteiger partial charge in [0.25, 0.3) is 0 Å². The molecule has 0 fully saturated rings. The summed E-state index contributed by atoms with van der Waals surface area (Å²) < 4.78 is 2.03. The molecule has 1 aliphatic heterocycles. The van der Waals surface area contributed by atoms with E-state index in [4.69, 9.17) is 16.7 Å². The largest absolute Gasteiger partial charge is 0.478 e. The molecular weight excluding hydrogens is 280 g/mol. The molecule has 2 heterocycles. The summed E-state index contributed by atoms with van der Waals surface area (Å²) in [5.74, 6) is -0.0287. The van der Waals surface area contributed by atoms with Gasteiger partial charge in [0.1, 0.15) is 12.2 Å². The molecule has 6 nitrogen and oxygen atoms in total. The van der Waals surface area contributed by atoms with Crippen LogP contribution in [0.3, 0.4) is 0 Å². The molecule has 1 N–H and O–H groups in total. The molecule has 0 atom stereocenters. The summed E-state index contributed by atoms with van der Waals surface area (Å²) in [6, 6.07) is 4.84. The lowest BCUT2D eigenvalue weighted by Crippen LogP contribution is -2.33. The average molecular weight is 293 g/mol. The number of benzene rings is 1. The Kier molecular flexibility index (Phi) is 3.42. The number of hydrogen-bond acceptors (Lipinski definition) is 4. The third-order valence-electron chi connectivity index (χ3n) is 3.41. The van der Waals surface area contributed by atoms with Gasteiger partial charge < -0.3 is 9.67 Å². The molecular formula is C13H13ClN4O2. The highest BCUT2D eigenvalue weighted by Crippen LogP contribution is 2.21. The summed E-state index contributed by atoms with van der Waals surface area (Å²) in [6.45, 7) is 3.14. The van der Waals surface area contributed by atoms with Crippen LogP contribution in [0.25, 0.3) is 0 Å². The number of aromatic carboxylic acids is 1. The van der Waals surface area contributed by atoms with Crippen LogP contribution in [-0.4, -0.2) is 37.3 Å². The van der Waals surface area contributed by atoms with Crippen LogP contribution in [0, 0.1) is 0 Å². The molecule has 3 rings (SSSR count). The second-order valence-corrected chi connectivity index (χ2v) is 5.17. The summed E-state index contributed by atoms with van der Waals surface area (Å²) in [5, 5.41) is 17.4. The van der Waals surface area contributed by atoms with E-state index in [2.05, 4.69) is 15.1 Å². The monoisotopic (exact) mass is 292 g/mol. The molecule has 1 aliphatic rings. The highest BCUT2D eigenvalue weighted by atomic mass is 35.5. The van der Waals surface area contributed by atoms with Crippen molar-refractivity contribution in [2.45, 2.75) is 19.6 Å². The second-order valence-electron chi connectivity index (χ2n) is 4.76. The van der Waals surface area contributed by atoms with Crippen molar-refractivity contribution in [2.24, 2.45) is 0 Å². The van der Waals surface area contributed by atoms with Gasteiger partial charge in [-0.3, -0.25) is 4.90 Å². The Hall–Kier alpha value is -1.92. The lowest BCUT2D eigenvalue weighted by atomic mass is 10.1. The maximum Gasteiger partial charge on any atom is 0.335 e. The fourth-order valence-corrected chi connectivity index (χ4v) is 2.54. The van der Waals surface area contributed by atoms with Gasteiger partial charge in [0.15, 0.2) is 0 Å². The zero-order chi connectivity index (χ0) is 14.1. The van der Waals surface area contributed by atoms with Gasteiger partial charge in [0.2, 0.25) is 0 Å². The smallest absolute Gasteiger partial charge is 0.335 e. The maximum absolute atomic E-state index is 10.9. The van der Waals surface area contributed by atoms with Crippen molar-refractivity contribution in [3.63, 3.8) is 0 Å². The number of carboxylic acids is 1. The van der Waals surface area contributed by atoms with E-state index in [1.54, 1.807) is 18.5 Å². The molecule has 0 amide bonds. The third kappa shape index (κ3) is 2.52. The summed E-state index contributed by atoms with van der Waals surface area (Å²) in [6.07, 6.45) is 1.74. The van der Waals surface area contributed by atoms with Crippen LogP contribution >= 0.6 is 11.6 Å². The molecule has 1 aromatic heterocycles. The Morgan fingerprint density at radius 3 is 3.00 bits per heavy atom. The minimum absolute atomic E-state index is 0.206. The van der Waals surface area contributed by atoms with Crippen molar-refractivity contribution in [3.8, 4) is 0 Å². The third-order valence-corrected chi connectivity index (χ3v) is 3.76. The summed E-state index contributed by atoms with van der Waals surface area (Å²) in [7, 11) is 0. The van der Waals surface area contributed by atoms with Crippen molar-refractivity contribution in [3.05, 3.63) is 46.5 Å². The first-order chi connectivity index (χ1) is 9.63. The first-order valence-corrected chi connectivity index (χ1v) is 6.62. The number of aromatic nitrogens is 3. The van der Waals surface area contributed by atoms with Crippen molar-refractivity contribution in [1.82, 2.24) is 19.7 Å². The fourth-order valence-electron chi connectivity index (χ4n) is 2.30. The quantitative estimate of drug-likeness (QED) is 0.931. The lowest BCUT2D eigenvalue weighted by Gasteiger charge is -2.27. The molecule has 0 aliphatic carbocycles. The van der Waals surface area contributed by atoms with Crippen LogP contribution in [0.4, 0.5) is 0 Å². The van der Waals surface area contributed by atoms with Gasteiger partial charge in [-0.05, 0) is 17.7 Å². The van der Waals surface area contributed by atoms with E-state index < -0.39 is 5.97 Å².